The number of nitrogens with one attached hydrogen (secondary N) is 7. The van der Waals surface area contributed by atoms with Crippen LogP contribution in [-0.2, 0) is 92.9 Å². The van der Waals surface area contributed by atoms with E-state index in [-0.39, 0.29) is 145 Å². The highest BCUT2D eigenvalue weighted by Gasteiger charge is 2.34. The number of nitrogens with zero attached hydrogens (tertiary/aromatic N) is 7. The Hall–Kier alpha value is -8.90. The topological polar surface area (TPSA) is 414 Å². The van der Waals surface area contributed by atoms with E-state index in [2.05, 4.69) is 46.7 Å². The van der Waals surface area contributed by atoms with Crippen molar-refractivity contribution in [3.05, 3.63) is 53.2 Å². The van der Waals surface area contributed by atoms with Gasteiger partial charge in [-0.05, 0) is 191 Å². The van der Waals surface area contributed by atoms with Crippen molar-refractivity contribution in [3.8, 4) is 5.75 Å². The molecule has 5 rings (SSSR count). The Balaban J connectivity index is 1.22. The van der Waals surface area contributed by atoms with E-state index >= 15 is 0 Å². The van der Waals surface area contributed by atoms with Gasteiger partial charge in [-0.15, -0.1) is 0 Å². The van der Waals surface area contributed by atoms with E-state index in [1.165, 1.54) is 12.1 Å². The van der Waals surface area contributed by atoms with Crippen molar-refractivity contribution in [2.75, 3.05) is 125 Å². The summed E-state index contributed by atoms with van der Waals surface area (Å²) in [6, 6.07) is 3.65. The molecule has 2 aliphatic rings. The van der Waals surface area contributed by atoms with Gasteiger partial charge in [-0.25, -0.2) is 8.42 Å². The Morgan fingerprint density at radius 2 is 1.00 bits per heavy atom. The van der Waals surface area contributed by atoms with Gasteiger partial charge < -0.3 is 65.1 Å². The second-order valence-electron chi connectivity index (χ2n) is 33.5. The zero-order chi connectivity index (χ0) is 84.9. The predicted octanol–water partition coefficient (Wildman–Crippen LogP) is 3.93. The number of hydrogen-bond donors (Lipinski definition) is 7. The molecule has 0 radical (unpaired) electrons. The molecule has 1 saturated heterocycles. The molecule has 3 atom stereocenters. The van der Waals surface area contributed by atoms with E-state index < -0.39 is 128 Å². The number of aromatic nitrogens is 2. The Morgan fingerprint density at radius 3 is 1.47 bits per heavy atom. The van der Waals surface area contributed by atoms with Gasteiger partial charge in [0, 0.05) is 122 Å². The summed E-state index contributed by atoms with van der Waals surface area (Å²) in [5, 5.41) is 22.1. The van der Waals surface area contributed by atoms with Crippen molar-refractivity contribution in [1.82, 2.24) is 66.0 Å². The maximum Gasteiger partial charge on any atom is 0.325 e. The SMILES string of the molecule is COC(=O)[C@H](CNC(=O)c1ccc2c(cnn2CCNC2=NCCCC2)c1)NS(=O)(=O)c1c(C)cc(OCCCC(=O)NCCNC(=O)[C@H](CCC(=O)OC(C)(C)C)NC(=O)[C@H](CCC(=O)OC(C)(C)C)NC(=O)CN2CCN(CC(=O)OC(C)(C)C)CCN(CC(=O)OC(C)(C)C)CCN(CC(=O)OC(C)(C)C)CC2)cc1C. The van der Waals surface area contributed by atoms with Gasteiger partial charge in [-0.2, -0.15) is 9.82 Å². The Kier molecular flexibility index (Phi) is 37.2. The second-order valence-corrected chi connectivity index (χ2v) is 35.2. The molecular weight excluding hydrogens is 1500 g/mol. The van der Waals surface area contributed by atoms with Crippen LogP contribution in [0.2, 0.25) is 0 Å². The molecule has 0 unspecified atom stereocenters. The standard InChI is InChI=1S/C79H126N14O20S/c1-53-44-57(45-54(2)70(53)114(105,106)88-60(74(104)107-18)48-84-71(101)55-24-27-61-56(46-55)47-85-93(61)34-33-81-62-22-19-20-30-80-62)108-43-21-23-63(94)82-31-32-83-72(102)58(25-28-65(96)109-75(3,4)5)87-73(103)59(26-29-66(97)110-76(6,7)8)86-64(95)49-89-35-37-90(50-67(98)111-77(9,10)11)39-41-92(52-69(100)113-79(15,16)17)42-40-91(38-36-89)51-68(99)112-78(12,13)14/h24,27,44-47,58-60,88H,19-23,25-26,28-43,48-52H2,1-18H3,(H,80,81)(H,82,94)(H,83,102)(H,84,101)(H,86,95)(H,87,103)/t58-,59-,60-/m0/s1. The van der Waals surface area contributed by atoms with Crippen molar-refractivity contribution < 1.29 is 94.3 Å². The van der Waals surface area contributed by atoms with Crippen LogP contribution in [0.25, 0.3) is 10.9 Å². The van der Waals surface area contributed by atoms with E-state index in [1.807, 2.05) is 19.4 Å². The van der Waals surface area contributed by atoms with Crippen LogP contribution in [-0.4, -0.2) is 280 Å². The third-order valence-electron chi connectivity index (χ3n) is 17.2. The fraction of sp³-hybridized carbons (Fsp3) is 0.684. The van der Waals surface area contributed by atoms with Crippen LogP contribution in [0.1, 0.15) is 183 Å². The van der Waals surface area contributed by atoms with Gasteiger partial charge in [-0.3, -0.25) is 82.0 Å². The Morgan fingerprint density at radius 1 is 0.526 bits per heavy atom. The number of benzene rings is 2. The lowest BCUT2D eigenvalue weighted by Crippen LogP contribution is -2.56. The van der Waals surface area contributed by atoms with Crippen LogP contribution in [0, 0.1) is 13.8 Å². The molecule has 0 saturated carbocycles. The van der Waals surface area contributed by atoms with Crippen molar-refractivity contribution in [2.24, 2.45) is 4.99 Å². The highest BCUT2D eigenvalue weighted by Crippen LogP contribution is 2.27. The molecule has 2 aliphatic heterocycles. The van der Waals surface area contributed by atoms with Crippen molar-refractivity contribution in [3.63, 3.8) is 0 Å². The molecule has 638 valence electrons. The number of amides is 5. The third kappa shape index (κ3) is 37.1. The minimum atomic E-state index is -4.42. The molecule has 7 N–H and O–H groups in total. The lowest BCUT2D eigenvalue weighted by molar-refractivity contribution is -0.158. The summed E-state index contributed by atoms with van der Waals surface area (Å²) in [5.74, 6) is -5.72. The summed E-state index contributed by atoms with van der Waals surface area (Å²) in [7, 11) is -3.32. The Bertz CT molecular complexity index is 3860. The third-order valence-corrected chi connectivity index (χ3v) is 19.0. The molecule has 3 heterocycles. The predicted molar refractivity (Wildman–Crippen MR) is 426 cm³/mol. The lowest BCUT2D eigenvalue weighted by atomic mass is 10.1. The van der Waals surface area contributed by atoms with Crippen molar-refractivity contribution in [1.29, 1.82) is 0 Å². The number of carbonyl (C=O) groups excluding carboxylic acids is 11. The first-order valence-corrected chi connectivity index (χ1v) is 40.6. The molecule has 34 nitrogen and oxygen atoms in total. The maximum absolute atomic E-state index is 14.6. The smallest absolute Gasteiger partial charge is 0.325 e. The highest BCUT2D eigenvalue weighted by atomic mass is 32.2. The number of rotatable bonds is 36. The number of ether oxygens (including phenoxy) is 7. The number of sulfonamides is 1. The number of aryl methyl sites for hydroxylation is 2. The summed E-state index contributed by atoms with van der Waals surface area (Å²) >= 11 is 0. The highest BCUT2D eigenvalue weighted by molar-refractivity contribution is 7.89. The number of hydrogen-bond acceptors (Lipinski definition) is 27. The monoisotopic (exact) mass is 1620 g/mol. The normalized spacial score (nSPS) is 15.7. The molecule has 1 fully saturated rings. The summed E-state index contributed by atoms with van der Waals surface area (Å²) < 4.78 is 71.3. The largest absolute Gasteiger partial charge is 0.494 e. The minimum absolute atomic E-state index is 0.0263. The van der Waals surface area contributed by atoms with Gasteiger partial charge in [0.1, 0.15) is 51.9 Å². The van der Waals surface area contributed by atoms with Crippen LogP contribution in [0.3, 0.4) is 0 Å². The summed E-state index contributed by atoms with van der Waals surface area (Å²) in [4.78, 5) is 161. The molecule has 5 amide bonds. The van der Waals surface area contributed by atoms with E-state index in [0.29, 0.717) is 37.3 Å². The van der Waals surface area contributed by atoms with Gasteiger partial charge in [0.15, 0.2) is 0 Å². The fourth-order valence-electron chi connectivity index (χ4n) is 12.3. The molecule has 1 aromatic heterocycles. The number of carbonyl (C=O) groups is 11. The Labute approximate surface area is 671 Å². The molecule has 0 spiro atoms. The average Bonchev–Trinajstić information content (AvgIpc) is 0.970. The summed E-state index contributed by atoms with van der Waals surface area (Å²) in [5.41, 5.74) is -2.53. The quantitative estimate of drug-likeness (QED) is 0.0246. The molecule has 0 bridgehead atoms. The minimum Gasteiger partial charge on any atom is -0.494 e. The molecule has 35 heteroatoms. The lowest BCUT2D eigenvalue weighted by Gasteiger charge is -2.34. The average molecular weight is 1620 g/mol. The van der Waals surface area contributed by atoms with E-state index in [9.17, 15) is 61.2 Å². The van der Waals surface area contributed by atoms with Crippen LogP contribution >= 0.6 is 0 Å². The second kappa shape index (κ2) is 44.3. The van der Waals surface area contributed by atoms with Gasteiger partial charge in [-0.1, -0.05) is 0 Å². The van der Waals surface area contributed by atoms with Gasteiger partial charge in [0.2, 0.25) is 33.7 Å². The summed E-state index contributed by atoms with van der Waals surface area (Å²) in [6.45, 7) is 31.6. The number of esters is 6. The maximum atomic E-state index is 14.6. The van der Waals surface area contributed by atoms with Crippen molar-refractivity contribution in [2.45, 2.75) is 233 Å². The van der Waals surface area contributed by atoms with Crippen LogP contribution in [0.5, 0.6) is 5.75 Å². The van der Waals surface area contributed by atoms with E-state index in [4.69, 9.17) is 33.2 Å². The number of amidine groups is 1. The zero-order valence-electron chi connectivity index (χ0n) is 70.2. The molecular formula is C79H126N14O20S. The first-order chi connectivity index (χ1) is 53.1. The molecule has 3 aromatic rings. The molecule has 0 aliphatic carbocycles. The van der Waals surface area contributed by atoms with Gasteiger partial charge >= 0.3 is 35.8 Å². The molecule has 2 aromatic carbocycles. The van der Waals surface area contributed by atoms with Crippen LogP contribution < -0.4 is 41.4 Å². The van der Waals surface area contributed by atoms with Gasteiger partial charge in [0.25, 0.3) is 5.91 Å². The fourth-order valence-corrected chi connectivity index (χ4v) is 13.9. The first kappa shape index (κ1) is 95.7. The van der Waals surface area contributed by atoms with Gasteiger partial charge in [0.05, 0.1) is 68.9 Å². The van der Waals surface area contributed by atoms with E-state index in [1.54, 1.807) is 147 Å². The first-order valence-electron chi connectivity index (χ1n) is 39.1. The number of methoxy groups -OCH3 is 1. The molecule has 114 heavy (non-hydrogen) atoms. The van der Waals surface area contributed by atoms with Crippen molar-refractivity contribution >= 4 is 92.1 Å². The summed E-state index contributed by atoms with van der Waals surface area (Å²) in [6.07, 6.45) is 3.69. The zero-order valence-corrected chi connectivity index (χ0v) is 71.0. The van der Waals surface area contributed by atoms with E-state index in [0.717, 1.165) is 44.3 Å². The van der Waals surface area contributed by atoms with Crippen LogP contribution in [0.4, 0.5) is 0 Å². The number of fused-ring (bicyclic) bond motifs is 1. The number of aliphatic imine (C=N–C) groups is 1. The van der Waals surface area contributed by atoms with Crippen LogP contribution in [0.15, 0.2) is 46.4 Å².